The summed E-state index contributed by atoms with van der Waals surface area (Å²) in [4.78, 5) is 0. The Morgan fingerprint density at radius 2 is 1.48 bits per heavy atom. The summed E-state index contributed by atoms with van der Waals surface area (Å²) >= 11 is 0. The Kier molecular flexibility index (Phi) is 4.79. The van der Waals surface area contributed by atoms with E-state index in [1.165, 1.54) is 0 Å². The Morgan fingerprint density at radius 3 is 2.13 bits per heavy atom. The van der Waals surface area contributed by atoms with Gasteiger partial charge in [-0.2, -0.15) is 0 Å². The van der Waals surface area contributed by atoms with E-state index in [1.54, 1.807) is 13.2 Å². The minimum Gasteiger partial charge on any atom is -0.497 e. The van der Waals surface area contributed by atoms with Gasteiger partial charge in [0, 0.05) is 6.07 Å². The Bertz CT molecular complexity index is 719. The molecule has 0 N–H and O–H groups in total. The number of hydrogen-bond donors (Lipinski definition) is 0. The zero-order valence-electron chi connectivity index (χ0n) is 12.9. The predicted molar refractivity (Wildman–Crippen MR) is 89.1 cm³/mol. The van der Waals surface area contributed by atoms with Gasteiger partial charge in [-0.25, -0.2) is 0 Å². The molecule has 3 aromatic rings. The third kappa shape index (κ3) is 4.27. The molecule has 0 aliphatic carbocycles. The molecular formula is C20H17O3. The van der Waals surface area contributed by atoms with Crippen molar-refractivity contribution in [3.8, 4) is 23.0 Å². The lowest BCUT2D eigenvalue weighted by Gasteiger charge is -2.08. The highest BCUT2D eigenvalue weighted by molar-refractivity contribution is 5.37. The van der Waals surface area contributed by atoms with E-state index >= 15 is 0 Å². The summed E-state index contributed by atoms with van der Waals surface area (Å²) in [6.07, 6.45) is 0. The van der Waals surface area contributed by atoms with E-state index in [2.05, 4.69) is 6.07 Å². The third-order valence-electron chi connectivity index (χ3n) is 3.29. The van der Waals surface area contributed by atoms with E-state index in [0.717, 1.165) is 22.8 Å². The molecule has 0 aliphatic heterocycles. The van der Waals surface area contributed by atoms with Crippen molar-refractivity contribution < 1.29 is 14.2 Å². The number of rotatable bonds is 6. The molecule has 1 radical (unpaired) electrons. The van der Waals surface area contributed by atoms with Gasteiger partial charge in [-0.1, -0.05) is 30.3 Å². The second-order valence-corrected chi connectivity index (χ2v) is 4.94. The summed E-state index contributed by atoms with van der Waals surface area (Å²) in [5.74, 6) is 2.93. The molecule has 0 atom stereocenters. The monoisotopic (exact) mass is 305 g/mol. The highest BCUT2D eigenvalue weighted by Gasteiger charge is 2.00. The van der Waals surface area contributed by atoms with Crippen molar-refractivity contribution in [2.24, 2.45) is 0 Å². The zero-order chi connectivity index (χ0) is 15.9. The van der Waals surface area contributed by atoms with Gasteiger partial charge in [-0.05, 0) is 48.0 Å². The van der Waals surface area contributed by atoms with Crippen LogP contribution in [0.2, 0.25) is 0 Å². The van der Waals surface area contributed by atoms with E-state index in [-0.39, 0.29) is 0 Å². The average Bonchev–Trinajstić information content (AvgIpc) is 2.63. The van der Waals surface area contributed by atoms with Crippen molar-refractivity contribution in [3.63, 3.8) is 0 Å². The van der Waals surface area contributed by atoms with Gasteiger partial charge in [-0.3, -0.25) is 0 Å². The van der Waals surface area contributed by atoms with Crippen LogP contribution in [-0.2, 0) is 6.61 Å². The van der Waals surface area contributed by atoms with Crippen LogP contribution in [0, 0.1) is 6.07 Å². The smallest absolute Gasteiger partial charge is 0.135 e. The molecular weight excluding hydrogens is 288 g/mol. The Morgan fingerprint density at radius 1 is 0.783 bits per heavy atom. The normalized spacial score (nSPS) is 10.1. The molecule has 0 saturated heterocycles. The van der Waals surface area contributed by atoms with E-state index in [1.807, 2.05) is 66.7 Å². The molecule has 0 aliphatic rings. The fourth-order valence-electron chi connectivity index (χ4n) is 2.06. The average molecular weight is 305 g/mol. The fourth-order valence-corrected chi connectivity index (χ4v) is 2.06. The molecule has 3 heteroatoms. The number of ether oxygens (including phenoxy) is 3. The van der Waals surface area contributed by atoms with Crippen LogP contribution in [0.15, 0.2) is 72.8 Å². The number of methoxy groups -OCH3 is 1. The highest BCUT2D eigenvalue weighted by atomic mass is 16.5. The first kappa shape index (κ1) is 15.0. The summed E-state index contributed by atoms with van der Waals surface area (Å²) in [5, 5.41) is 0. The van der Waals surface area contributed by atoms with Gasteiger partial charge in [0.15, 0.2) is 0 Å². The van der Waals surface area contributed by atoms with Crippen LogP contribution in [0.4, 0.5) is 0 Å². The van der Waals surface area contributed by atoms with Gasteiger partial charge in [0.25, 0.3) is 0 Å². The standard InChI is InChI=1S/C20H17O3/c1-21-17-7-11-19(12-8-17)23-20-13-9-18(10-14-20)22-15-16-5-3-2-4-6-16/h2-13H,15H2,1H3. The van der Waals surface area contributed by atoms with Crippen LogP contribution in [0.5, 0.6) is 23.0 Å². The summed E-state index contributed by atoms with van der Waals surface area (Å²) < 4.78 is 16.6. The Labute approximate surface area is 136 Å². The van der Waals surface area contributed by atoms with Crippen molar-refractivity contribution >= 4 is 0 Å². The van der Waals surface area contributed by atoms with Crippen molar-refractivity contribution in [3.05, 3.63) is 84.4 Å². The van der Waals surface area contributed by atoms with Gasteiger partial charge >= 0.3 is 0 Å². The van der Waals surface area contributed by atoms with Crippen molar-refractivity contribution in [2.45, 2.75) is 6.61 Å². The van der Waals surface area contributed by atoms with E-state index in [0.29, 0.717) is 12.4 Å². The molecule has 115 valence electrons. The molecule has 0 amide bonds. The molecule has 0 unspecified atom stereocenters. The minimum atomic E-state index is 0.535. The first-order valence-electron chi connectivity index (χ1n) is 7.34. The molecule has 3 nitrogen and oxygen atoms in total. The number of hydrogen-bond acceptors (Lipinski definition) is 3. The summed E-state index contributed by atoms with van der Waals surface area (Å²) in [5.41, 5.74) is 1.13. The second kappa shape index (κ2) is 7.36. The van der Waals surface area contributed by atoms with Crippen LogP contribution >= 0.6 is 0 Å². The molecule has 3 aromatic carbocycles. The summed E-state index contributed by atoms with van der Waals surface area (Å²) in [6, 6.07) is 26.0. The topological polar surface area (TPSA) is 27.7 Å². The van der Waals surface area contributed by atoms with Crippen LogP contribution in [0.3, 0.4) is 0 Å². The van der Waals surface area contributed by atoms with Crippen molar-refractivity contribution in [1.82, 2.24) is 0 Å². The zero-order valence-corrected chi connectivity index (χ0v) is 12.9. The predicted octanol–water partition coefficient (Wildman–Crippen LogP) is 4.87. The van der Waals surface area contributed by atoms with E-state index < -0.39 is 0 Å². The SMILES string of the molecule is COc1ccc(Oc2[c]cc(OCc3ccccc3)cc2)cc1. The van der Waals surface area contributed by atoms with Crippen LogP contribution in [0.1, 0.15) is 5.56 Å². The lowest BCUT2D eigenvalue weighted by molar-refractivity contribution is 0.305. The molecule has 3 rings (SSSR count). The van der Waals surface area contributed by atoms with Gasteiger partial charge in [-0.15, -0.1) is 0 Å². The molecule has 0 aromatic heterocycles. The first-order valence-corrected chi connectivity index (χ1v) is 7.34. The largest absolute Gasteiger partial charge is 0.497 e. The first-order chi connectivity index (χ1) is 11.3. The molecule has 0 fully saturated rings. The molecule has 0 spiro atoms. The minimum absolute atomic E-state index is 0.535. The lowest BCUT2D eigenvalue weighted by Crippen LogP contribution is -1.94. The quantitative estimate of drug-likeness (QED) is 0.650. The van der Waals surface area contributed by atoms with E-state index in [4.69, 9.17) is 14.2 Å². The van der Waals surface area contributed by atoms with Crippen molar-refractivity contribution in [1.29, 1.82) is 0 Å². The highest BCUT2D eigenvalue weighted by Crippen LogP contribution is 2.25. The molecule has 0 heterocycles. The lowest BCUT2D eigenvalue weighted by atomic mass is 10.2. The number of benzene rings is 3. The van der Waals surface area contributed by atoms with E-state index in [9.17, 15) is 0 Å². The van der Waals surface area contributed by atoms with Crippen LogP contribution < -0.4 is 14.2 Å². The van der Waals surface area contributed by atoms with Crippen LogP contribution in [-0.4, -0.2) is 7.11 Å². The maximum absolute atomic E-state index is 5.73. The molecule has 23 heavy (non-hydrogen) atoms. The third-order valence-corrected chi connectivity index (χ3v) is 3.29. The maximum atomic E-state index is 5.73. The maximum Gasteiger partial charge on any atom is 0.135 e. The molecule has 0 bridgehead atoms. The second-order valence-electron chi connectivity index (χ2n) is 4.94. The van der Waals surface area contributed by atoms with Crippen LogP contribution in [0.25, 0.3) is 0 Å². The summed E-state index contributed by atoms with van der Waals surface area (Å²) in [6.45, 7) is 0.535. The Hall–Kier alpha value is -2.94. The van der Waals surface area contributed by atoms with Gasteiger partial charge in [0.05, 0.1) is 7.11 Å². The summed E-state index contributed by atoms with van der Waals surface area (Å²) in [7, 11) is 1.64. The fraction of sp³-hybridized carbons (Fsp3) is 0.100. The van der Waals surface area contributed by atoms with Gasteiger partial charge < -0.3 is 14.2 Å². The van der Waals surface area contributed by atoms with Crippen molar-refractivity contribution in [2.75, 3.05) is 7.11 Å². The van der Waals surface area contributed by atoms with Gasteiger partial charge in [0.2, 0.25) is 0 Å². The molecule has 0 saturated carbocycles. The van der Waals surface area contributed by atoms with Gasteiger partial charge in [0.1, 0.15) is 29.6 Å². The Balaban J connectivity index is 1.58.